The third-order valence-corrected chi connectivity index (χ3v) is 5.03. The zero-order chi connectivity index (χ0) is 11.8. The Morgan fingerprint density at radius 2 is 2.35 bits per heavy atom. The van der Waals surface area contributed by atoms with Crippen molar-refractivity contribution in [2.75, 3.05) is 29.5 Å². The zero-order valence-electron chi connectivity index (χ0n) is 9.72. The van der Waals surface area contributed by atoms with E-state index in [0.29, 0.717) is 5.25 Å². The van der Waals surface area contributed by atoms with Gasteiger partial charge in [0, 0.05) is 24.1 Å². The van der Waals surface area contributed by atoms with Crippen LogP contribution in [-0.4, -0.2) is 29.1 Å². The standard InChI is InChI=1S/C12H15N3S2/c1-8-6-15(4-5-16-8)9-2-3-10-12(11(9)13)14-7-17-10/h2-3,7-8H,4-6,13H2,1H3. The van der Waals surface area contributed by atoms with Crippen LogP contribution in [0.15, 0.2) is 17.6 Å². The summed E-state index contributed by atoms with van der Waals surface area (Å²) in [6, 6.07) is 4.27. The molecule has 1 aromatic carbocycles. The minimum atomic E-state index is 0.675. The number of aromatic nitrogens is 1. The summed E-state index contributed by atoms with van der Waals surface area (Å²) in [5.41, 5.74) is 11.0. The van der Waals surface area contributed by atoms with E-state index in [9.17, 15) is 0 Å². The van der Waals surface area contributed by atoms with Crippen LogP contribution in [0.1, 0.15) is 6.92 Å². The van der Waals surface area contributed by atoms with Gasteiger partial charge < -0.3 is 10.6 Å². The van der Waals surface area contributed by atoms with Crippen molar-refractivity contribution in [3.63, 3.8) is 0 Å². The Hall–Kier alpha value is -0.940. The monoisotopic (exact) mass is 265 g/mol. The molecule has 0 spiro atoms. The molecule has 1 fully saturated rings. The van der Waals surface area contributed by atoms with Gasteiger partial charge in [0.25, 0.3) is 0 Å². The molecule has 0 radical (unpaired) electrons. The van der Waals surface area contributed by atoms with Crippen LogP contribution in [0, 0.1) is 0 Å². The highest BCUT2D eigenvalue weighted by Gasteiger charge is 2.19. The number of fused-ring (bicyclic) bond motifs is 1. The van der Waals surface area contributed by atoms with Gasteiger partial charge in [-0.2, -0.15) is 11.8 Å². The molecule has 3 rings (SSSR count). The average Bonchev–Trinajstić information content (AvgIpc) is 2.78. The Kier molecular flexibility index (Phi) is 2.88. The molecule has 1 atom stereocenters. The second-order valence-electron chi connectivity index (χ2n) is 4.32. The molecule has 1 aliphatic rings. The number of benzene rings is 1. The smallest absolute Gasteiger partial charge is 0.106 e. The van der Waals surface area contributed by atoms with E-state index in [1.54, 1.807) is 11.3 Å². The Morgan fingerprint density at radius 3 is 3.18 bits per heavy atom. The van der Waals surface area contributed by atoms with Crippen LogP contribution >= 0.6 is 23.1 Å². The van der Waals surface area contributed by atoms with Gasteiger partial charge in [-0.05, 0) is 12.1 Å². The molecule has 0 saturated carbocycles. The van der Waals surface area contributed by atoms with Crippen LogP contribution in [0.25, 0.3) is 10.2 Å². The Labute approximate surface area is 109 Å². The second-order valence-corrected chi connectivity index (χ2v) is 6.76. The van der Waals surface area contributed by atoms with E-state index < -0.39 is 0 Å². The molecular weight excluding hydrogens is 250 g/mol. The Morgan fingerprint density at radius 1 is 1.47 bits per heavy atom. The summed E-state index contributed by atoms with van der Waals surface area (Å²) >= 11 is 3.68. The number of nitrogen functional groups attached to an aromatic ring is 1. The fraction of sp³-hybridized carbons (Fsp3) is 0.417. The highest BCUT2D eigenvalue weighted by molar-refractivity contribution is 8.00. The van der Waals surface area contributed by atoms with Crippen molar-refractivity contribution in [1.82, 2.24) is 4.98 Å². The van der Waals surface area contributed by atoms with Gasteiger partial charge in [0.05, 0.1) is 21.6 Å². The van der Waals surface area contributed by atoms with E-state index in [2.05, 4.69) is 28.9 Å². The van der Waals surface area contributed by atoms with E-state index in [1.165, 1.54) is 10.5 Å². The van der Waals surface area contributed by atoms with Crippen LogP contribution < -0.4 is 10.6 Å². The maximum Gasteiger partial charge on any atom is 0.106 e. The maximum atomic E-state index is 6.24. The fourth-order valence-electron chi connectivity index (χ4n) is 2.25. The van der Waals surface area contributed by atoms with E-state index in [0.717, 1.165) is 30.0 Å². The van der Waals surface area contributed by atoms with E-state index in [4.69, 9.17) is 5.73 Å². The van der Waals surface area contributed by atoms with Gasteiger partial charge in [-0.1, -0.05) is 6.92 Å². The van der Waals surface area contributed by atoms with Crippen molar-refractivity contribution in [3.05, 3.63) is 17.6 Å². The van der Waals surface area contributed by atoms with Crippen molar-refractivity contribution in [2.45, 2.75) is 12.2 Å². The molecule has 3 nitrogen and oxygen atoms in total. The number of anilines is 2. The molecule has 90 valence electrons. The molecule has 2 aromatic rings. The lowest BCUT2D eigenvalue weighted by Crippen LogP contribution is -2.37. The summed E-state index contributed by atoms with van der Waals surface area (Å²) < 4.78 is 1.17. The molecule has 1 unspecified atom stereocenters. The molecule has 1 aliphatic heterocycles. The van der Waals surface area contributed by atoms with E-state index in [1.807, 2.05) is 17.3 Å². The molecule has 5 heteroatoms. The van der Waals surface area contributed by atoms with Crippen LogP contribution in [-0.2, 0) is 0 Å². The minimum absolute atomic E-state index is 0.675. The highest BCUT2D eigenvalue weighted by Crippen LogP contribution is 2.34. The quantitative estimate of drug-likeness (QED) is 0.805. The van der Waals surface area contributed by atoms with Gasteiger partial charge in [-0.15, -0.1) is 11.3 Å². The van der Waals surface area contributed by atoms with Gasteiger partial charge in [-0.25, -0.2) is 4.98 Å². The molecule has 0 amide bonds. The molecular formula is C12H15N3S2. The summed E-state index contributed by atoms with van der Waals surface area (Å²) in [7, 11) is 0. The number of thiazole rings is 1. The molecule has 17 heavy (non-hydrogen) atoms. The third-order valence-electron chi connectivity index (χ3n) is 3.10. The predicted octanol–water partition coefficient (Wildman–Crippen LogP) is 2.82. The summed E-state index contributed by atoms with van der Waals surface area (Å²) in [4.78, 5) is 6.74. The van der Waals surface area contributed by atoms with Crippen LogP contribution in [0.4, 0.5) is 11.4 Å². The maximum absolute atomic E-state index is 6.24. The first-order valence-corrected chi connectivity index (χ1v) is 7.67. The van der Waals surface area contributed by atoms with Crippen LogP contribution in [0.2, 0.25) is 0 Å². The largest absolute Gasteiger partial charge is 0.395 e. The third kappa shape index (κ3) is 1.98. The number of rotatable bonds is 1. The lowest BCUT2D eigenvalue weighted by Gasteiger charge is -2.33. The van der Waals surface area contributed by atoms with Gasteiger partial charge in [0.15, 0.2) is 0 Å². The predicted molar refractivity (Wildman–Crippen MR) is 78.2 cm³/mol. The normalized spacial score (nSPS) is 21.0. The van der Waals surface area contributed by atoms with Gasteiger partial charge in [-0.3, -0.25) is 0 Å². The van der Waals surface area contributed by atoms with Crippen LogP contribution in [0.5, 0.6) is 0 Å². The van der Waals surface area contributed by atoms with Crippen LogP contribution in [0.3, 0.4) is 0 Å². The summed E-state index contributed by atoms with van der Waals surface area (Å²) in [6.45, 7) is 4.42. The minimum Gasteiger partial charge on any atom is -0.395 e. The van der Waals surface area contributed by atoms with E-state index in [-0.39, 0.29) is 0 Å². The number of nitrogens with zero attached hydrogens (tertiary/aromatic N) is 2. The number of hydrogen-bond donors (Lipinski definition) is 1. The average molecular weight is 265 g/mol. The number of nitrogens with two attached hydrogens (primary N) is 1. The van der Waals surface area contributed by atoms with Gasteiger partial charge >= 0.3 is 0 Å². The molecule has 1 saturated heterocycles. The topological polar surface area (TPSA) is 42.2 Å². The van der Waals surface area contributed by atoms with Crippen molar-refractivity contribution in [2.24, 2.45) is 0 Å². The van der Waals surface area contributed by atoms with Crippen molar-refractivity contribution >= 4 is 44.7 Å². The first-order valence-electron chi connectivity index (χ1n) is 5.74. The summed E-state index contributed by atoms with van der Waals surface area (Å²) in [5, 5.41) is 0.675. The molecule has 2 heterocycles. The van der Waals surface area contributed by atoms with Gasteiger partial charge in [0.1, 0.15) is 5.52 Å². The zero-order valence-corrected chi connectivity index (χ0v) is 11.4. The summed E-state index contributed by atoms with van der Waals surface area (Å²) in [6.07, 6.45) is 0. The summed E-state index contributed by atoms with van der Waals surface area (Å²) in [5.74, 6) is 1.18. The first-order chi connectivity index (χ1) is 8.25. The lowest BCUT2D eigenvalue weighted by atomic mass is 10.2. The first kappa shape index (κ1) is 11.2. The number of hydrogen-bond acceptors (Lipinski definition) is 5. The Balaban J connectivity index is 2.01. The van der Waals surface area contributed by atoms with Crippen molar-refractivity contribution in [1.29, 1.82) is 0 Å². The van der Waals surface area contributed by atoms with E-state index >= 15 is 0 Å². The number of thioether (sulfide) groups is 1. The molecule has 2 N–H and O–H groups in total. The highest BCUT2D eigenvalue weighted by atomic mass is 32.2. The van der Waals surface area contributed by atoms with Gasteiger partial charge in [0.2, 0.25) is 0 Å². The van der Waals surface area contributed by atoms with Crippen molar-refractivity contribution in [3.8, 4) is 0 Å². The fourth-order valence-corrected chi connectivity index (χ4v) is 3.96. The second kappa shape index (κ2) is 4.38. The van der Waals surface area contributed by atoms with Crippen molar-refractivity contribution < 1.29 is 0 Å². The molecule has 1 aromatic heterocycles. The lowest BCUT2D eigenvalue weighted by molar-refractivity contribution is 0.784. The Bertz CT molecular complexity index is 538. The molecule has 0 aliphatic carbocycles. The molecule has 0 bridgehead atoms. The SMILES string of the molecule is CC1CN(c2ccc3scnc3c2N)CCS1.